The Morgan fingerprint density at radius 3 is 2.34 bits per heavy atom. The molecule has 1 aliphatic rings. The molecule has 35 heavy (non-hydrogen) atoms. The molecule has 8 heteroatoms. The minimum atomic E-state index is -0.321. The van der Waals surface area contributed by atoms with E-state index in [0.29, 0.717) is 32.8 Å². The Morgan fingerprint density at radius 2 is 1.71 bits per heavy atom. The zero-order valence-corrected chi connectivity index (χ0v) is 22.9. The summed E-state index contributed by atoms with van der Waals surface area (Å²) in [5.41, 5.74) is -0.541. The van der Waals surface area contributed by atoms with Crippen molar-refractivity contribution in [3.05, 3.63) is 12.2 Å². The first-order valence-electron chi connectivity index (χ1n) is 12.9. The van der Waals surface area contributed by atoms with Crippen LogP contribution in [0.3, 0.4) is 0 Å². The van der Waals surface area contributed by atoms with Crippen LogP contribution in [0, 0.1) is 5.92 Å². The summed E-state index contributed by atoms with van der Waals surface area (Å²) in [4.78, 5) is 28.0. The molecule has 3 atom stereocenters. The van der Waals surface area contributed by atoms with Crippen molar-refractivity contribution in [2.45, 2.75) is 103 Å². The van der Waals surface area contributed by atoms with E-state index in [1.807, 2.05) is 13.8 Å². The normalized spacial score (nSPS) is 20.5. The van der Waals surface area contributed by atoms with Crippen LogP contribution in [0.25, 0.3) is 0 Å². The molecule has 0 saturated heterocycles. The molecule has 8 nitrogen and oxygen atoms in total. The number of hydrogen-bond donors (Lipinski definition) is 2. The Labute approximate surface area is 212 Å². The van der Waals surface area contributed by atoms with Crippen molar-refractivity contribution in [3.8, 4) is 0 Å². The van der Waals surface area contributed by atoms with Crippen LogP contribution < -0.4 is 10.6 Å². The van der Waals surface area contributed by atoms with Crippen LogP contribution in [0.5, 0.6) is 0 Å². The molecule has 0 radical (unpaired) electrons. The van der Waals surface area contributed by atoms with Gasteiger partial charge in [0.1, 0.15) is 0 Å². The number of carbonyl (C=O) groups is 2. The SMILES string of the molecule is C=N[C@H]1CC=C[C@@H](CCCCC(=O)NCCOC(C)(C)CCOC(C)(C)CCOC)[C@H]1NC(C)=O. The average molecular weight is 496 g/mol. The summed E-state index contributed by atoms with van der Waals surface area (Å²) >= 11 is 0. The lowest BCUT2D eigenvalue weighted by molar-refractivity contribution is -0.122. The van der Waals surface area contributed by atoms with Gasteiger partial charge < -0.3 is 24.8 Å². The number of amides is 2. The zero-order valence-electron chi connectivity index (χ0n) is 22.9. The van der Waals surface area contributed by atoms with Crippen LogP contribution in [0.4, 0.5) is 0 Å². The maximum absolute atomic E-state index is 12.2. The van der Waals surface area contributed by atoms with Crippen molar-refractivity contribution in [2.75, 3.05) is 33.5 Å². The van der Waals surface area contributed by atoms with Crippen molar-refractivity contribution in [3.63, 3.8) is 0 Å². The number of nitrogens with zero attached hydrogens (tertiary/aromatic N) is 1. The van der Waals surface area contributed by atoms with Crippen molar-refractivity contribution in [2.24, 2.45) is 10.9 Å². The van der Waals surface area contributed by atoms with Crippen LogP contribution in [0.2, 0.25) is 0 Å². The smallest absolute Gasteiger partial charge is 0.220 e. The second-order valence-corrected chi connectivity index (χ2v) is 10.6. The van der Waals surface area contributed by atoms with Crippen LogP contribution in [-0.4, -0.2) is 75.3 Å². The maximum Gasteiger partial charge on any atom is 0.220 e. The van der Waals surface area contributed by atoms with Gasteiger partial charge in [0, 0.05) is 33.6 Å². The molecule has 0 fully saturated rings. The minimum Gasteiger partial charge on any atom is -0.385 e. The predicted molar refractivity (Wildman–Crippen MR) is 141 cm³/mol. The van der Waals surface area contributed by atoms with Crippen LogP contribution in [0.1, 0.15) is 79.6 Å². The first-order valence-corrected chi connectivity index (χ1v) is 12.9. The van der Waals surface area contributed by atoms with Crippen LogP contribution in [-0.2, 0) is 23.8 Å². The molecule has 0 unspecified atom stereocenters. The van der Waals surface area contributed by atoms with Crippen LogP contribution >= 0.6 is 0 Å². The third kappa shape index (κ3) is 13.8. The lowest BCUT2D eigenvalue weighted by Crippen LogP contribution is -2.47. The van der Waals surface area contributed by atoms with Crippen molar-refractivity contribution >= 4 is 18.5 Å². The summed E-state index contributed by atoms with van der Waals surface area (Å²) in [6, 6.07) is -0.0127. The fourth-order valence-corrected chi connectivity index (χ4v) is 4.18. The molecule has 0 aromatic rings. The lowest BCUT2D eigenvalue weighted by atomic mass is 9.83. The molecule has 2 amide bonds. The molecule has 0 saturated carbocycles. The largest absolute Gasteiger partial charge is 0.385 e. The van der Waals surface area contributed by atoms with Crippen molar-refractivity contribution < 1.29 is 23.8 Å². The van der Waals surface area contributed by atoms with E-state index in [-0.39, 0.29) is 41.0 Å². The third-order valence-corrected chi connectivity index (χ3v) is 6.45. The standard InChI is InChI=1S/C27H49N3O5/c1-21(31)30-25-22(12-10-13-23(25)28-6)11-8-9-14-24(32)29-17-20-35-27(4,5)16-19-34-26(2,3)15-18-33-7/h10,12,22-23,25H,6,8-9,11,13-20H2,1-5,7H3,(H,29,32)(H,30,31)/t22-,23+,25-/m1/s1. The number of nitrogens with one attached hydrogen (secondary N) is 2. The van der Waals surface area contributed by atoms with Gasteiger partial charge in [0.2, 0.25) is 11.8 Å². The summed E-state index contributed by atoms with van der Waals surface area (Å²) in [5.74, 6) is 0.210. The predicted octanol–water partition coefficient (Wildman–Crippen LogP) is 3.83. The first kappa shape index (κ1) is 31.3. The van der Waals surface area contributed by atoms with Gasteiger partial charge in [-0.2, -0.15) is 0 Å². The Hall–Kier alpha value is -1.77. The summed E-state index contributed by atoms with van der Waals surface area (Å²) in [5, 5.41) is 5.97. The number of carbonyl (C=O) groups excluding carboxylic acids is 2. The minimum absolute atomic E-state index is 0.00941. The third-order valence-electron chi connectivity index (χ3n) is 6.45. The molecule has 2 N–H and O–H groups in total. The molecule has 1 aliphatic carbocycles. The molecule has 1 rings (SSSR count). The highest BCUT2D eigenvalue weighted by molar-refractivity contribution is 5.75. The van der Waals surface area contributed by atoms with E-state index in [2.05, 4.69) is 48.3 Å². The highest BCUT2D eigenvalue weighted by Crippen LogP contribution is 2.26. The van der Waals surface area contributed by atoms with E-state index >= 15 is 0 Å². The van der Waals surface area contributed by atoms with Crippen LogP contribution in [0.15, 0.2) is 17.1 Å². The van der Waals surface area contributed by atoms with Crippen molar-refractivity contribution in [1.29, 1.82) is 0 Å². The number of unbranched alkanes of at least 4 members (excludes halogenated alkanes) is 1. The average Bonchev–Trinajstić information content (AvgIpc) is 2.78. The van der Waals surface area contributed by atoms with Gasteiger partial charge in [0.05, 0.1) is 36.5 Å². The molecular weight excluding hydrogens is 446 g/mol. The van der Waals surface area contributed by atoms with Gasteiger partial charge >= 0.3 is 0 Å². The van der Waals surface area contributed by atoms with E-state index in [4.69, 9.17) is 14.2 Å². The van der Waals surface area contributed by atoms with Gasteiger partial charge in [-0.3, -0.25) is 14.6 Å². The van der Waals surface area contributed by atoms with E-state index < -0.39 is 0 Å². The Morgan fingerprint density at radius 1 is 1.06 bits per heavy atom. The fourth-order valence-electron chi connectivity index (χ4n) is 4.18. The maximum atomic E-state index is 12.2. The van der Waals surface area contributed by atoms with E-state index in [1.54, 1.807) is 7.11 Å². The summed E-state index contributed by atoms with van der Waals surface area (Å²) < 4.78 is 17.1. The molecule has 202 valence electrons. The number of hydrogen-bond acceptors (Lipinski definition) is 6. The fraction of sp³-hybridized carbons (Fsp3) is 0.815. The molecule has 0 heterocycles. The van der Waals surface area contributed by atoms with Gasteiger partial charge in [-0.15, -0.1) is 0 Å². The highest BCUT2D eigenvalue weighted by Gasteiger charge is 2.30. The molecule has 0 aliphatic heterocycles. The van der Waals surface area contributed by atoms with Gasteiger partial charge in [0.25, 0.3) is 0 Å². The highest BCUT2D eigenvalue weighted by atomic mass is 16.5. The zero-order chi connectivity index (χ0) is 26.3. The molecule has 0 bridgehead atoms. The topological polar surface area (TPSA) is 98.2 Å². The van der Waals surface area contributed by atoms with Gasteiger partial charge in [-0.05, 0) is 72.4 Å². The molecule has 0 aromatic carbocycles. The van der Waals surface area contributed by atoms with Gasteiger partial charge in [-0.1, -0.05) is 18.6 Å². The summed E-state index contributed by atoms with van der Waals surface area (Å²) in [7, 11) is 1.70. The summed E-state index contributed by atoms with van der Waals surface area (Å²) in [6.45, 7) is 15.7. The number of methoxy groups -OCH3 is 1. The Bertz CT molecular complexity index is 678. The van der Waals surface area contributed by atoms with Crippen molar-refractivity contribution in [1.82, 2.24) is 10.6 Å². The second kappa shape index (κ2) is 16.1. The van der Waals surface area contributed by atoms with E-state index in [1.165, 1.54) is 6.92 Å². The summed E-state index contributed by atoms with van der Waals surface area (Å²) in [6.07, 6.45) is 9.79. The number of aliphatic imine (C=N–C) groups is 1. The van der Waals surface area contributed by atoms with Gasteiger partial charge in [0.15, 0.2) is 0 Å². The van der Waals surface area contributed by atoms with Gasteiger partial charge in [-0.25, -0.2) is 0 Å². The molecule has 0 aromatic heterocycles. The second-order valence-electron chi connectivity index (χ2n) is 10.6. The number of rotatable bonds is 18. The Kier molecular flexibility index (Phi) is 14.4. The van der Waals surface area contributed by atoms with E-state index in [9.17, 15) is 9.59 Å². The first-order chi connectivity index (χ1) is 16.5. The lowest BCUT2D eigenvalue weighted by Gasteiger charge is -2.33. The molecular formula is C27H49N3O5. The van der Waals surface area contributed by atoms with E-state index in [0.717, 1.165) is 38.5 Å². The monoisotopic (exact) mass is 495 g/mol. The molecule has 0 spiro atoms. The Balaban J connectivity index is 2.21. The quantitative estimate of drug-likeness (QED) is 0.171. The number of ether oxygens (including phenoxy) is 3.